The maximum Gasteiger partial charge on any atom is 0.411 e. The Labute approximate surface area is 224 Å². The molecule has 4 rings (SSSR count). The van der Waals surface area contributed by atoms with Crippen molar-refractivity contribution in [3.63, 3.8) is 0 Å². The lowest BCUT2D eigenvalue weighted by atomic mass is 9.90. The molecule has 202 valence electrons. The summed E-state index contributed by atoms with van der Waals surface area (Å²) in [7, 11) is 0. The van der Waals surface area contributed by atoms with Gasteiger partial charge >= 0.3 is 6.09 Å². The summed E-state index contributed by atoms with van der Waals surface area (Å²) >= 11 is 0. The zero-order chi connectivity index (χ0) is 27.4. The van der Waals surface area contributed by atoms with Gasteiger partial charge in [-0.15, -0.1) is 0 Å². The number of para-hydroxylation sites is 1. The summed E-state index contributed by atoms with van der Waals surface area (Å²) in [5, 5.41) is 7.82. The van der Waals surface area contributed by atoms with Crippen molar-refractivity contribution in [3.05, 3.63) is 83.9 Å². The number of likely N-dealkylation sites (tertiary alicyclic amines) is 1. The van der Waals surface area contributed by atoms with Crippen LogP contribution in [0, 0.1) is 11.7 Å². The molecule has 1 fully saturated rings. The number of benzene rings is 2. The Morgan fingerprint density at radius 3 is 2.50 bits per heavy atom. The fourth-order valence-electron chi connectivity index (χ4n) is 4.89. The summed E-state index contributed by atoms with van der Waals surface area (Å²) in [6.45, 7) is 10.0. The minimum atomic E-state index is -0.794. The lowest BCUT2D eigenvalue weighted by molar-refractivity contribution is -0.126. The molecule has 2 heterocycles. The van der Waals surface area contributed by atoms with E-state index in [0.717, 1.165) is 12.1 Å². The average molecular weight is 521 g/mol. The van der Waals surface area contributed by atoms with E-state index in [1.807, 2.05) is 42.6 Å². The van der Waals surface area contributed by atoms with E-state index in [1.54, 1.807) is 37.6 Å². The average Bonchev–Trinajstić information content (AvgIpc) is 3.49. The van der Waals surface area contributed by atoms with E-state index in [9.17, 15) is 14.0 Å². The van der Waals surface area contributed by atoms with Gasteiger partial charge in [-0.3, -0.25) is 9.69 Å². The Morgan fingerprint density at radius 1 is 1.11 bits per heavy atom. The fourth-order valence-corrected chi connectivity index (χ4v) is 4.89. The topological polar surface area (TPSA) is 76.5 Å². The Morgan fingerprint density at radius 2 is 1.84 bits per heavy atom. The third-order valence-electron chi connectivity index (χ3n) is 6.62. The first-order valence-corrected chi connectivity index (χ1v) is 13.2. The predicted octanol–water partition coefficient (Wildman–Crippen LogP) is 6.01. The van der Waals surface area contributed by atoms with Gasteiger partial charge in [0, 0.05) is 18.7 Å². The lowest BCUT2D eigenvalue weighted by Crippen LogP contribution is -2.48. The minimum absolute atomic E-state index is 0.247. The van der Waals surface area contributed by atoms with E-state index in [0.29, 0.717) is 30.1 Å². The number of nitrogens with zero attached hydrogens (tertiary/aromatic N) is 3. The summed E-state index contributed by atoms with van der Waals surface area (Å²) in [4.78, 5) is 28.6. The standard InChI is InChI=1S/C30H37FN4O3/c1-20(2)14-16-32-28(36)26-19-24(25-15-17-34(33-25)23-12-7-6-8-13-23)27(21-10-9-11-22(31)18-21)35(26)29(37)38-30(3,4)5/h6-13,15,17-18,20,24,26-27H,14,16,19H2,1-5H3,(H,32,36)/t24-,26+,27+/m1/s1. The molecule has 2 amide bonds. The zero-order valence-electron chi connectivity index (χ0n) is 22.7. The second-order valence-electron chi connectivity index (χ2n) is 11.2. The number of amides is 2. The Bertz CT molecular complexity index is 1250. The van der Waals surface area contributed by atoms with Crippen molar-refractivity contribution in [2.24, 2.45) is 5.92 Å². The number of hydrogen-bond acceptors (Lipinski definition) is 4. The number of halogens is 1. The van der Waals surface area contributed by atoms with Gasteiger partial charge in [-0.05, 0) is 75.4 Å². The van der Waals surface area contributed by atoms with Crippen LogP contribution in [0.2, 0.25) is 0 Å². The van der Waals surface area contributed by atoms with Gasteiger partial charge in [-0.25, -0.2) is 13.9 Å². The predicted molar refractivity (Wildman–Crippen MR) is 144 cm³/mol. The van der Waals surface area contributed by atoms with E-state index in [4.69, 9.17) is 9.84 Å². The molecule has 0 radical (unpaired) electrons. The fraction of sp³-hybridized carbons (Fsp3) is 0.433. The zero-order valence-corrected chi connectivity index (χ0v) is 22.7. The van der Waals surface area contributed by atoms with E-state index in [2.05, 4.69) is 19.2 Å². The molecule has 0 unspecified atom stereocenters. The number of rotatable bonds is 7. The van der Waals surface area contributed by atoms with Gasteiger partial charge in [0.05, 0.1) is 17.4 Å². The number of nitrogens with one attached hydrogen (secondary N) is 1. The molecule has 0 bridgehead atoms. The largest absolute Gasteiger partial charge is 0.444 e. The van der Waals surface area contributed by atoms with Crippen molar-refractivity contribution >= 4 is 12.0 Å². The Balaban J connectivity index is 1.76. The molecule has 1 aliphatic heterocycles. The maximum absolute atomic E-state index is 14.4. The SMILES string of the molecule is CC(C)CCNC(=O)[C@@H]1C[C@H](c2ccn(-c3ccccc3)n2)[C@H](c2cccc(F)c2)N1C(=O)OC(C)(C)C. The Hall–Kier alpha value is -3.68. The molecule has 38 heavy (non-hydrogen) atoms. The van der Waals surface area contributed by atoms with Crippen LogP contribution in [0.15, 0.2) is 66.9 Å². The second-order valence-corrected chi connectivity index (χ2v) is 11.2. The van der Waals surface area contributed by atoms with Gasteiger partial charge in [0.1, 0.15) is 17.5 Å². The first-order valence-electron chi connectivity index (χ1n) is 13.2. The summed E-state index contributed by atoms with van der Waals surface area (Å²) in [5.74, 6) is -0.585. The highest BCUT2D eigenvalue weighted by atomic mass is 19.1. The van der Waals surface area contributed by atoms with Gasteiger partial charge in [0.15, 0.2) is 0 Å². The van der Waals surface area contributed by atoms with Crippen molar-refractivity contribution in [1.82, 2.24) is 20.0 Å². The van der Waals surface area contributed by atoms with Gasteiger partial charge in [-0.2, -0.15) is 5.10 Å². The number of carbonyl (C=O) groups is 2. The van der Waals surface area contributed by atoms with Crippen molar-refractivity contribution in [2.75, 3.05) is 6.54 Å². The quantitative estimate of drug-likeness (QED) is 0.414. The minimum Gasteiger partial charge on any atom is -0.444 e. The third-order valence-corrected chi connectivity index (χ3v) is 6.62. The van der Waals surface area contributed by atoms with Crippen LogP contribution >= 0.6 is 0 Å². The molecule has 3 aromatic rings. The van der Waals surface area contributed by atoms with Gasteiger partial charge in [-0.1, -0.05) is 44.2 Å². The molecular weight excluding hydrogens is 483 g/mol. The van der Waals surface area contributed by atoms with Gasteiger partial charge in [0.25, 0.3) is 0 Å². The summed E-state index contributed by atoms with van der Waals surface area (Å²) in [6, 6.07) is 16.4. The third kappa shape index (κ3) is 6.41. The van der Waals surface area contributed by atoms with Crippen LogP contribution in [0.25, 0.3) is 5.69 Å². The highest BCUT2D eigenvalue weighted by molar-refractivity contribution is 5.87. The van der Waals surface area contributed by atoms with Crippen molar-refractivity contribution in [3.8, 4) is 5.69 Å². The first-order chi connectivity index (χ1) is 18.0. The molecule has 0 spiro atoms. The number of hydrogen-bond donors (Lipinski definition) is 1. The molecule has 1 N–H and O–H groups in total. The summed E-state index contributed by atoms with van der Waals surface area (Å²) in [6.07, 6.45) is 2.41. The van der Waals surface area contributed by atoms with Crippen LogP contribution in [0.4, 0.5) is 9.18 Å². The van der Waals surface area contributed by atoms with Crippen molar-refractivity contribution < 1.29 is 18.7 Å². The van der Waals surface area contributed by atoms with Gasteiger partial charge in [0.2, 0.25) is 5.91 Å². The molecule has 0 aliphatic carbocycles. The molecule has 1 aliphatic rings. The normalized spacial score (nSPS) is 19.6. The first kappa shape index (κ1) is 27.4. The molecule has 1 saturated heterocycles. The van der Waals surface area contributed by atoms with Crippen LogP contribution in [0.5, 0.6) is 0 Å². The number of ether oxygens (including phenoxy) is 1. The van der Waals surface area contributed by atoms with Crippen LogP contribution in [0.3, 0.4) is 0 Å². The smallest absolute Gasteiger partial charge is 0.411 e. The summed E-state index contributed by atoms with van der Waals surface area (Å²) in [5.41, 5.74) is 1.43. The molecule has 8 heteroatoms. The van der Waals surface area contributed by atoms with Gasteiger partial charge < -0.3 is 10.1 Å². The molecule has 2 aromatic carbocycles. The van der Waals surface area contributed by atoms with Crippen LogP contribution in [-0.2, 0) is 9.53 Å². The second kappa shape index (κ2) is 11.4. The van der Waals surface area contributed by atoms with E-state index < -0.39 is 29.6 Å². The summed E-state index contributed by atoms with van der Waals surface area (Å²) < 4.78 is 22.0. The van der Waals surface area contributed by atoms with Crippen LogP contribution in [-0.4, -0.2) is 44.9 Å². The van der Waals surface area contributed by atoms with Crippen LogP contribution in [0.1, 0.15) is 70.7 Å². The van der Waals surface area contributed by atoms with E-state index in [-0.39, 0.29) is 11.8 Å². The molecule has 7 nitrogen and oxygen atoms in total. The van der Waals surface area contributed by atoms with Crippen molar-refractivity contribution in [1.29, 1.82) is 0 Å². The maximum atomic E-state index is 14.4. The van der Waals surface area contributed by atoms with E-state index in [1.165, 1.54) is 17.0 Å². The molecule has 3 atom stereocenters. The Kier molecular flexibility index (Phi) is 8.19. The molecule has 1 aromatic heterocycles. The highest BCUT2D eigenvalue weighted by Crippen LogP contribution is 2.47. The van der Waals surface area contributed by atoms with Crippen molar-refractivity contribution in [2.45, 2.75) is 71.1 Å². The molecule has 0 saturated carbocycles. The lowest BCUT2D eigenvalue weighted by Gasteiger charge is -2.33. The monoisotopic (exact) mass is 520 g/mol. The highest BCUT2D eigenvalue weighted by Gasteiger charge is 2.50. The number of aromatic nitrogens is 2. The molecular formula is C30H37FN4O3. The van der Waals surface area contributed by atoms with E-state index >= 15 is 0 Å². The van der Waals surface area contributed by atoms with Crippen LogP contribution < -0.4 is 5.32 Å². The number of carbonyl (C=O) groups excluding carboxylic acids is 2.